The second-order valence-corrected chi connectivity index (χ2v) is 6.45. The van der Waals surface area contributed by atoms with Gasteiger partial charge >= 0.3 is 0 Å². The van der Waals surface area contributed by atoms with Gasteiger partial charge in [-0.25, -0.2) is 4.98 Å². The van der Waals surface area contributed by atoms with E-state index in [1.54, 1.807) is 0 Å². The van der Waals surface area contributed by atoms with Crippen molar-refractivity contribution in [1.29, 1.82) is 0 Å². The summed E-state index contributed by atoms with van der Waals surface area (Å²) in [7, 11) is 0. The van der Waals surface area contributed by atoms with E-state index in [-0.39, 0.29) is 0 Å². The molecule has 20 heavy (non-hydrogen) atoms. The number of aromatic nitrogens is 2. The standard InChI is InChI=1S/C16H22ClN3/c1-12(2)19-8-6-13(7-9-19)10-16-18-11-14-4-3-5-15(17)20(14)16/h3-5,11-13H,6-10H2,1-2H3. The van der Waals surface area contributed by atoms with Crippen molar-refractivity contribution in [3.05, 3.63) is 35.4 Å². The minimum Gasteiger partial charge on any atom is -0.301 e. The fourth-order valence-corrected chi connectivity index (χ4v) is 3.41. The second kappa shape index (κ2) is 5.74. The van der Waals surface area contributed by atoms with Crippen molar-refractivity contribution in [1.82, 2.24) is 14.3 Å². The van der Waals surface area contributed by atoms with Gasteiger partial charge in [-0.3, -0.25) is 4.40 Å². The Bertz CT molecular complexity index is 582. The van der Waals surface area contributed by atoms with Gasteiger partial charge in [-0.2, -0.15) is 0 Å². The molecular formula is C16H22ClN3. The highest BCUT2D eigenvalue weighted by Gasteiger charge is 2.22. The van der Waals surface area contributed by atoms with Crippen molar-refractivity contribution in [2.24, 2.45) is 5.92 Å². The predicted octanol–water partition coefficient (Wildman–Crippen LogP) is 3.65. The molecule has 0 atom stereocenters. The highest BCUT2D eigenvalue weighted by Crippen LogP contribution is 2.24. The molecule has 3 nitrogen and oxygen atoms in total. The molecule has 3 heterocycles. The highest BCUT2D eigenvalue weighted by atomic mass is 35.5. The number of hydrogen-bond donors (Lipinski definition) is 0. The monoisotopic (exact) mass is 291 g/mol. The maximum atomic E-state index is 6.30. The van der Waals surface area contributed by atoms with Gasteiger partial charge in [0.15, 0.2) is 0 Å². The SMILES string of the molecule is CC(C)N1CCC(Cc2ncc3cccc(Cl)n23)CC1. The van der Waals surface area contributed by atoms with E-state index in [0.717, 1.165) is 28.8 Å². The van der Waals surface area contributed by atoms with Gasteiger partial charge in [0.2, 0.25) is 0 Å². The Balaban J connectivity index is 1.72. The zero-order valence-corrected chi connectivity index (χ0v) is 13.0. The van der Waals surface area contributed by atoms with Crippen molar-refractivity contribution in [2.45, 2.75) is 39.2 Å². The van der Waals surface area contributed by atoms with Crippen LogP contribution in [0.5, 0.6) is 0 Å². The summed E-state index contributed by atoms with van der Waals surface area (Å²) in [4.78, 5) is 7.13. The second-order valence-electron chi connectivity index (χ2n) is 6.06. The van der Waals surface area contributed by atoms with Crippen LogP contribution in [0.15, 0.2) is 24.4 Å². The molecule has 1 aliphatic heterocycles. The lowest BCUT2D eigenvalue weighted by molar-refractivity contribution is 0.148. The van der Waals surface area contributed by atoms with Gasteiger partial charge in [0.1, 0.15) is 11.0 Å². The van der Waals surface area contributed by atoms with Gasteiger partial charge in [0.25, 0.3) is 0 Å². The number of likely N-dealkylation sites (tertiary alicyclic amines) is 1. The summed E-state index contributed by atoms with van der Waals surface area (Å²) >= 11 is 6.30. The molecule has 0 radical (unpaired) electrons. The van der Waals surface area contributed by atoms with Crippen molar-refractivity contribution in [3.63, 3.8) is 0 Å². The van der Waals surface area contributed by atoms with Crippen LogP contribution in [0.3, 0.4) is 0 Å². The molecule has 0 aromatic carbocycles. The van der Waals surface area contributed by atoms with E-state index in [0.29, 0.717) is 6.04 Å². The van der Waals surface area contributed by atoms with Gasteiger partial charge in [-0.05, 0) is 57.8 Å². The van der Waals surface area contributed by atoms with E-state index in [2.05, 4.69) is 34.2 Å². The molecule has 108 valence electrons. The zero-order chi connectivity index (χ0) is 14.1. The van der Waals surface area contributed by atoms with Crippen LogP contribution in [0.25, 0.3) is 5.52 Å². The van der Waals surface area contributed by atoms with E-state index in [4.69, 9.17) is 11.6 Å². The summed E-state index contributed by atoms with van der Waals surface area (Å²) in [6.07, 6.45) is 5.48. The maximum Gasteiger partial charge on any atom is 0.114 e. The van der Waals surface area contributed by atoms with Crippen LogP contribution in [0.4, 0.5) is 0 Å². The van der Waals surface area contributed by atoms with Gasteiger partial charge in [-0.1, -0.05) is 17.7 Å². The van der Waals surface area contributed by atoms with Gasteiger partial charge in [-0.15, -0.1) is 0 Å². The first-order valence-corrected chi connectivity index (χ1v) is 7.88. The summed E-state index contributed by atoms with van der Waals surface area (Å²) in [6, 6.07) is 6.63. The predicted molar refractivity (Wildman–Crippen MR) is 83.3 cm³/mol. The molecule has 0 saturated carbocycles. The Kier molecular flexibility index (Phi) is 3.99. The first kappa shape index (κ1) is 13.9. The van der Waals surface area contributed by atoms with Crippen molar-refractivity contribution < 1.29 is 0 Å². The smallest absolute Gasteiger partial charge is 0.114 e. The van der Waals surface area contributed by atoms with Gasteiger partial charge < -0.3 is 4.90 Å². The van der Waals surface area contributed by atoms with Crippen LogP contribution in [0, 0.1) is 5.92 Å². The van der Waals surface area contributed by atoms with Crippen LogP contribution in [0.2, 0.25) is 5.15 Å². The number of imidazole rings is 1. The Morgan fingerprint density at radius 1 is 1.30 bits per heavy atom. The topological polar surface area (TPSA) is 20.5 Å². The lowest BCUT2D eigenvalue weighted by atomic mass is 9.92. The number of piperidine rings is 1. The largest absolute Gasteiger partial charge is 0.301 e. The Morgan fingerprint density at radius 2 is 2.05 bits per heavy atom. The third-order valence-electron chi connectivity index (χ3n) is 4.43. The molecule has 2 aromatic rings. The zero-order valence-electron chi connectivity index (χ0n) is 12.2. The highest BCUT2D eigenvalue weighted by molar-refractivity contribution is 6.29. The Labute approximate surface area is 125 Å². The molecule has 2 aromatic heterocycles. The van der Waals surface area contributed by atoms with E-state index < -0.39 is 0 Å². The van der Waals surface area contributed by atoms with Crippen molar-refractivity contribution in [2.75, 3.05) is 13.1 Å². The summed E-state index contributed by atoms with van der Waals surface area (Å²) in [6.45, 7) is 6.98. The van der Waals surface area contributed by atoms with Crippen LogP contribution >= 0.6 is 11.6 Å². The quantitative estimate of drug-likeness (QED) is 0.805. The first-order valence-electron chi connectivity index (χ1n) is 7.50. The van der Waals surface area contributed by atoms with E-state index >= 15 is 0 Å². The van der Waals surface area contributed by atoms with E-state index in [1.807, 2.05) is 18.3 Å². The normalized spacial score (nSPS) is 18.2. The molecule has 0 unspecified atom stereocenters. The molecule has 3 rings (SSSR count). The molecular weight excluding hydrogens is 270 g/mol. The fourth-order valence-electron chi connectivity index (χ4n) is 3.15. The van der Waals surface area contributed by atoms with Crippen LogP contribution in [-0.4, -0.2) is 33.4 Å². The molecule has 0 amide bonds. The lowest BCUT2D eigenvalue weighted by Gasteiger charge is -2.34. The third kappa shape index (κ3) is 2.70. The number of halogens is 1. The molecule has 4 heteroatoms. The molecule has 0 spiro atoms. The maximum absolute atomic E-state index is 6.30. The number of pyridine rings is 1. The summed E-state index contributed by atoms with van der Waals surface area (Å²) in [5.74, 6) is 1.83. The van der Waals surface area contributed by atoms with Crippen LogP contribution in [-0.2, 0) is 6.42 Å². The van der Waals surface area contributed by atoms with E-state index in [1.165, 1.54) is 25.9 Å². The first-order chi connectivity index (χ1) is 9.65. The Hall–Kier alpha value is -1.06. The average Bonchev–Trinajstić information content (AvgIpc) is 2.84. The molecule has 1 aliphatic rings. The molecule has 0 aliphatic carbocycles. The average molecular weight is 292 g/mol. The third-order valence-corrected chi connectivity index (χ3v) is 4.72. The van der Waals surface area contributed by atoms with Crippen LogP contribution < -0.4 is 0 Å². The molecule has 0 N–H and O–H groups in total. The molecule has 1 saturated heterocycles. The van der Waals surface area contributed by atoms with Gasteiger partial charge in [0.05, 0.1) is 11.7 Å². The summed E-state index contributed by atoms with van der Waals surface area (Å²) in [5.41, 5.74) is 1.09. The van der Waals surface area contributed by atoms with E-state index in [9.17, 15) is 0 Å². The van der Waals surface area contributed by atoms with Crippen LogP contribution in [0.1, 0.15) is 32.5 Å². The minimum atomic E-state index is 0.664. The minimum absolute atomic E-state index is 0.664. The molecule has 1 fully saturated rings. The molecule has 0 bridgehead atoms. The number of rotatable bonds is 3. The Morgan fingerprint density at radius 3 is 2.75 bits per heavy atom. The number of hydrogen-bond acceptors (Lipinski definition) is 2. The lowest BCUT2D eigenvalue weighted by Crippen LogP contribution is -2.39. The fraction of sp³-hybridized carbons (Fsp3) is 0.562. The number of nitrogens with zero attached hydrogens (tertiary/aromatic N) is 3. The summed E-state index contributed by atoms with van der Waals surface area (Å²) in [5, 5.41) is 0.759. The van der Waals surface area contributed by atoms with Gasteiger partial charge in [0, 0.05) is 12.5 Å². The summed E-state index contributed by atoms with van der Waals surface area (Å²) < 4.78 is 2.08. The van der Waals surface area contributed by atoms with Crippen molar-refractivity contribution in [3.8, 4) is 0 Å². The van der Waals surface area contributed by atoms with Crippen molar-refractivity contribution >= 4 is 17.1 Å². The number of fused-ring (bicyclic) bond motifs is 1.